The number of rotatable bonds is 5. The van der Waals surface area contributed by atoms with E-state index in [0.29, 0.717) is 11.5 Å². The zero-order valence-electron chi connectivity index (χ0n) is 20.0. The average Bonchev–Trinajstić information content (AvgIpc) is 3.58. The normalized spacial score (nSPS) is 14.4. The first-order valence-electron chi connectivity index (χ1n) is 12.4. The monoisotopic (exact) mass is 488 g/mol. The summed E-state index contributed by atoms with van der Waals surface area (Å²) in [6, 6.07) is 16.0. The van der Waals surface area contributed by atoms with Gasteiger partial charge in [-0.2, -0.15) is 5.10 Å². The Labute approximate surface area is 212 Å². The van der Waals surface area contributed by atoms with E-state index in [1.165, 1.54) is 0 Å². The number of ether oxygens (including phenoxy) is 1. The van der Waals surface area contributed by atoms with Crippen LogP contribution in [0.3, 0.4) is 0 Å². The Morgan fingerprint density at radius 2 is 1.73 bits per heavy atom. The van der Waals surface area contributed by atoms with Gasteiger partial charge in [-0.15, -0.1) is 0 Å². The van der Waals surface area contributed by atoms with Crippen LogP contribution in [0.4, 0.5) is 0 Å². The number of pyridine rings is 3. The number of nitrogens with zero attached hydrogens (tertiary/aromatic N) is 5. The van der Waals surface area contributed by atoms with Crippen molar-refractivity contribution in [1.29, 1.82) is 0 Å². The van der Waals surface area contributed by atoms with Crippen LogP contribution >= 0.6 is 0 Å². The summed E-state index contributed by atoms with van der Waals surface area (Å²) in [5.74, 6) is 1.42. The lowest BCUT2D eigenvalue weighted by molar-refractivity contribution is 0.162. The van der Waals surface area contributed by atoms with Gasteiger partial charge in [-0.1, -0.05) is 18.2 Å². The highest BCUT2D eigenvalue weighted by atomic mass is 16.5. The van der Waals surface area contributed by atoms with Gasteiger partial charge in [0, 0.05) is 35.3 Å². The van der Waals surface area contributed by atoms with E-state index in [-0.39, 0.29) is 6.10 Å². The van der Waals surface area contributed by atoms with E-state index in [9.17, 15) is 0 Å². The molecule has 7 rings (SSSR count). The van der Waals surface area contributed by atoms with Crippen LogP contribution in [0, 0.1) is 0 Å². The molecule has 6 heterocycles. The highest BCUT2D eigenvalue weighted by Gasteiger charge is 2.18. The SMILES string of the molecule is c1cncc(-c2cccc3[nH]c(-c4n[nH]c5ccc(-c6cncc(OC7CCNCC7)c6)nc45)nc23)c1. The van der Waals surface area contributed by atoms with Crippen molar-refractivity contribution in [2.24, 2.45) is 0 Å². The number of imidazole rings is 1. The highest BCUT2D eigenvalue weighted by molar-refractivity contribution is 5.96. The lowest BCUT2D eigenvalue weighted by atomic mass is 10.1. The van der Waals surface area contributed by atoms with Crippen LogP contribution in [0.15, 0.2) is 73.3 Å². The zero-order valence-corrected chi connectivity index (χ0v) is 20.0. The number of benzene rings is 1. The first-order valence-corrected chi connectivity index (χ1v) is 12.4. The summed E-state index contributed by atoms with van der Waals surface area (Å²) in [6.07, 6.45) is 9.38. The van der Waals surface area contributed by atoms with E-state index in [1.54, 1.807) is 12.4 Å². The first-order chi connectivity index (χ1) is 18.3. The van der Waals surface area contributed by atoms with Crippen molar-refractivity contribution in [1.82, 2.24) is 40.4 Å². The van der Waals surface area contributed by atoms with Crippen LogP contribution in [-0.2, 0) is 0 Å². The number of aromatic amines is 2. The molecule has 0 amide bonds. The molecular formula is C28H24N8O. The van der Waals surface area contributed by atoms with Crippen molar-refractivity contribution >= 4 is 22.1 Å². The standard InChI is InChI=1S/C28H24N8O/c1-4-21(17-3-2-10-30-14-17)25-23(5-1)33-28(34-25)27-26-24(35-36-27)7-6-22(32-26)18-13-20(16-31-15-18)37-19-8-11-29-12-9-19/h1-7,10,13-16,19,29H,8-9,11-12H2,(H,33,34)(H,35,36). The van der Waals surface area contributed by atoms with Crippen LogP contribution in [-0.4, -0.2) is 54.3 Å². The summed E-state index contributed by atoms with van der Waals surface area (Å²) >= 11 is 0. The summed E-state index contributed by atoms with van der Waals surface area (Å²) < 4.78 is 6.20. The number of H-pyrrole nitrogens is 2. The highest BCUT2D eigenvalue weighted by Crippen LogP contribution is 2.32. The maximum absolute atomic E-state index is 6.20. The third-order valence-corrected chi connectivity index (χ3v) is 6.72. The Morgan fingerprint density at radius 3 is 2.62 bits per heavy atom. The van der Waals surface area contributed by atoms with E-state index in [0.717, 1.165) is 76.1 Å². The fraction of sp³-hybridized carbons (Fsp3) is 0.179. The molecule has 1 aliphatic rings. The predicted molar refractivity (Wildman–Crippen MR) is 142 cm³/mol. The van der Waals surface area contributed by atoms with Gasteiger partial charge in [0.15, 0.2) is 11.5 Å². The fourth-order valence-electron chi connectivity index (χ4n) is 4.85. The van der Waals surface area contributed by atoms with Gasteiger partial charge < -0.3 is 15.0 Å². The van der Waals surface area contributed by atoms with E-state index in [2.05, 4.69) is 36.5 Å². The van der Waals surface area contributed by atoms with E-state index in [1.807, 2.05) is 54.9 Å². The predicted octanol–water partition coefficient (Wildman–Crippen LogP) is 4.76. The molecule has 0 atom stereocenters. The first kappa shape index (κ1) is 21.6. The van der Waals surface area contributed by atoms with Crippen molar-refractivity contribution in [2.45, 2.75) is 18.9 Å². The van der Waals surface area contributed by atoms with Crippen molar-refractivity contribution < 1.29 is 4.74 Å². The van der Waals surface area contributed by atoms with Gasteiger partial charge in [0.25, 0.3) is 0 Å². The largest absolute Gasteiger partial charge is 0.489 e. The van der Waals surface area contributed by atoms with E-state index >= 15 is 0 Å². The van der Waals surface area contributed by atoms with Crippen LogP contribution in [0.5, 0.6) is 5.75 Å². The van der Waals surface area contributed by atoms with Crippen LogP contribution in [0.25, 0.3) is 56.0 Å². The molecular weight excluding hydrogens is 464 g/mol. The van der Waals surface area contributed by atoms with Gasteiger partial charge in [-0.05, 0) is 56.3 Å². The third kappa shape index (κ3) is 4.09. The van der Waals surface area contributed by atoms with Gasteiger partial charge in [-0.25, -0.2) is 9.97 Å². The van der Waals surface area contributed by atoms with Crippen molar-refractivity contribution in [2.75, 3.05) is 13.1 Å². The van der Waals surface area contributed by atoms with Gasteiger partial charge in [0.1, 0.15) is 17.4 Å². The van der Waals surface area contributed by atoms with Gasteiger partial charge in [0.2, 0.25) is 0 Å². The van der Waals surface area contributed by atoms with Gasteiger partial charge in [0.05, 0.1) is 28.4 Å². The molecule has 0 unspecified atom stereocenters. The average molecular weight is 489 g/mol. The Kier molecular flexibility index (Phi) is 5.32. The molecule has 1 fully saturated rings. The number of fused-ring (bicyclic) bond motifs is 2. The number of aromatic nitrogens is 7. The molecule has 0 bridgehead atoms. The van der Waals surface area contributed by atoms with Crippen molar-refractivity contribution in [3.63, 3.8) is 0 Å². The molecule has 3 N–H and O–H groups in total. The smallest absolute Gasteiger partial charge is 0.161 e. The maximum atomic E-state index is 6.20. The topological polar surface area (TPSA) is 117 Å². The minimum Gasteiger partial charge on any atom is -0.489 e. The third-order valence-electron chi connectivity index (χ3n) is 6.72. The van der Waals surface area contributed by atoms with Crippen molar-refractivity contribution in [3.8, 4) is 39.7 Å². The number of hydrogen-bond acceptors (Lipinski definition) is 7. The molecule has 9 nitrogen and oxygen atoms in total. The second-order valence-corrected chi connectivity index (χ2v) is 9.17. The molecule has 37 heavy (non-hydrogen) atoms. The molecule has 5 aromatic heterocycles. The molecule has 1 aliphatic heterocycles. The summed E-state index contributed by atoms with van der Waals surface area (Å²) in [5.41, 5.74) is 7.75. The second-order valence-electron chi connectivity index (χ2n) is 9.17. The molecule has 0 aliphatic carbocycles. The summed E-state index contributed by atoms with van der Waals surface area (Å²) in [7, 11) is 0. The molecule has 0 saturated carbocycles. The summed E-state index contributed by atoms with van der Waals surface area (Å²) in [5, 5.41) is 11.0. The maximum Gasteiger partial charge on any atom is 0.161 e. The zero-order chi connectivity index (χ0) is 24.6. The molecule has 6 aromatic rings. The molecule has 0 spiro atoms. The Bertz CT molecular complexity index is 1700. The number of hydrogen-bond donors (Lipinski definition) is 3. The summed E-state index contributed by atoms with van der Waals surface area (Å²) in [6.45, 7) is 1.95. The van der Waals surface area contributed by atoms with Crippen LogP contribution in [0.2, 0.25) is 0 Å². The summed E-state index contributed by atoms with van der Waals surface area (Å²) in [4.78, 5) is 22.0. The number of nitrogens with one attached hydrogen (secondary N) is 3. The quantitative estimate of drug-likeness (QED) is 0.320. The van der Waals surface area contributed by atoms with Gasteiger partial charge >= 0.3 is 0 Å². The molecule has 9 heteroatoms. The molecule has 182 valence electrons. The Hall–Kier alpha value is -4.63. The van der Waals surface area contributed by atoms with Crippen LogP contribution < -0.4 is 10.1 Å². The van der Waals surface area contributed by atoms with Gasteiger partial charge in [-0.3, -0.25) is 15.1 Å². The molecule has 0 radical (unpaired) electrons. The fourth-order valence-corrected chi connectivity index (χ4v) is 4.85. The number of piperidine rings is 1. The van der Waals surface area contributed by atoms with Crippen LogP contribution in [0.1, 0.15) is 12.8 Å². The minimum absolute atomic E-state index is 0.207. The van der Waals surface area contributed by atoms with Crippen molar-refractivity contribution in [3.05, 3.63) is 73.3 Å². The minimum atomic E-state index is 0.207. The molecule has 1 saturated heterocycles. The van der Waals surface area contributed by atoms with E-state index < -0.39 is 0 Å². The number of para-hydroxylation sites is 1. The molecule has 1 aromatic carbocycles. The Morgan fingerprint density at radius 1 is 0.811 bits per heavy atom. The lowest BCUT2D eigenvalue weighted by Crippen LogP contribution is -2.34. The van der Waals surface area contributed by atoms with E-state index in [4.69, 9.17) is 14.7 Å². The second kappa shape index (κ2) is 9.11. The Balaban J connectivity index is 1.26. The lowest BCUT2D eigenvalue weighted by Gasteiger charge is -2.23.